The molecule has 4 heterocycles. The van der Waals surface area contributed by atoms with Crippen molar-refractivity contribution in [2.45, 2.75) is 82.7 Å². The number of carbonyl (C=O) groups is 1. The lowest BCUT2D eigenvalue weighted by Gasteiger charge is -2.28. The second-order valence-electron chi connectivity index (χ2n) is 12.2. The number of aliphatic carboxylic acids is 1. The molecule has 0 saturated carbocycles. The standard InChI is InChI=1S/C33H45FIN3O5/c1-37-14-5-7-27-30(41-2)19-25(36-32(27)37)6-3-4-8-29(34)22-11-15-38(20-22)31(33(39)40)28-18-24(35)10-9-23(28)21-43-26-12-16-42-17-13-26/h9-10,18-19,22,26,29,31H,3-8,11-17,20-21H2,1-2H3,(H,39,40)/t22?,29-,31+/m1/s1. The molecular formula is C33H45FIN3O5. The zero-order valence-electron chi connectivity index (χ0n) is 25.4. The van der Waals surface area contributed by atoms with Crippen molar-refractivity contribution in [3.05, 3.63) is 50.2 Å². The predicted octanol–water partition coefficient (Wildman–Crippen LogP) is 5.97. The number of pyridine rings is 1. The van der Waals surface area contributed by atoms with Crippen LogP contribution in [0.2, 0.25) is 0 Å². The smallest absolute Gasteiger partial charge is 0.325 e. The summed E-state index contributed by atoms with van der Waals surface area (Å²) < 4.78 is 33.7. The zero-order chi connectivity index (χ0) is 30.3. The highest BCUT2D eigenvalue weighted by atomic mass is 127. The Morgan fingerprint density at radius 2 is 2.02 bits per heavy atom. The Bertz CT molecular complexity index is 1240. The van der Waals surface area contributed by atoms with Gasteiger partial charge in [0.25, 0.3) is 0 Å². The summed E-state index contributed by atoms with van der Waals surface area (Å²) in [7, 11) is 3.78. The fourth-order valence-corrected chi connectivity index (χ4v) is 7.27. The summed E-state index contributed by atoms with van der Waals surface area (Å²) in [6.45, 7) is 3.76. The fraction of sp³-hybridized carbons (Fsp3) is 0.636. The van der Waals surface area contributed by atoms with Gasteiger partial charge in [-0.05, 0) is 104 Å². The molecule has 5 rings (SSSR count). The third-order valence-electron chi connectivity index (χ3n) is 9.19. The van der Waals surface area contributed by atoms with Gasteiger partial charge in [-0.15, -0.1) is 0 Å². The molecule has 10 heteroatoms. The predicted molar refractivity (Wildman–Crippen MR) is 173 cm³/mol. The van der Waals surface area contributed by atoms with Gasteiger partial charge < -0.3 is 24.2 Å². The Balaban J connectivity index is 1.15. The number of fused-ring (bicyclic) bond motifs is 1. The molecule has 0 bridgehead atoms. The lowest BCUT2D eigenvalue weighted by atomic mass is 9.96. The number of likely N-dealkylation sites (tertiary alicyclic amines) is 1. The Labute approximate surface area is 268 Å². The second-order valence-corrected chi connectivity index (χ2v) is 13.4. The highest BCUT2D eigenvalue weighted by molar-refractivity contribution is 14.1. The van der Waals surface area contributed by atoms with Crippen LogP contribution in [0.3, 0.4) is 0 Å². The van der Waals surface area contributed by atoms with Crippen molar-refractivity contribution in [3.8, 4) is 5.75 Å². The summed E-state index contributed by atoms with van der Waals surface area (Å²) in [6.07, 6.45) is 6.50. The number of anilines is 1. The first kappa shape index (κ1) is 32.4. The van der Waals surface area contributed by atoms with Crippen LogP contribution in [0.25, 0.3) is 0 Å². The lowest BCUT2D eigenvalue weighted by molar-refractivity contribution is -0.143. The van der Waals surface area contributed by atoms with Gasteiger partial charge in [-0.3, -0.25) is 9.69 Å². The summed E-state index contributed by atoms with van der Waals surface area (Å²) in [5.41, 5.74) is 3.81. The number of ether oxygens (including phenoxy) is 3. The van der Waals surface area contributed by atoms with Gasteiger partial charge >= 0.3 is 5.97 Å². The highest BCUT2D eigenvalue weighted by Crippen LogP contribution is 2.35. The Kier molecular flexibility index (Phi) is 11.5. The minimum Gasteiger partial charge on any atom is -0.496 e. The number of carboxylic acid groups (broad SMARTS) is 1. The maximum absolute atomic E-state index is 15.5. The summed E-state index contributed by atoms with van der Waals surface area (Å²) >= 11 is 2.22. The topological polar surface area (TPSA) is 84.4 Å². The lowest BCUT2D eigenvalue weighted by Crippen LogP contribution is -2.34. The third kappa shape index (κ3) is 8.18. The van der Waals surface area contributed by atoms with Gasteiger partial charge in [-0.25, -0.2) is 9.37 Å². The zero-order valence-corrected chi connectivity index (χ0v) is 27.6. The molecule has 2 fully saturated rings. The number of halogens is 2. The fourth-order valence-electron chi connectivity index (χ4n) is 6.76. The molecule has 0 amide bonds. The average Bonchev–Trinajstić information content (AvgIpc) is 3.49. The quantitative estimate of drug-likeness (QED) is 0.201. The molecule has 8 nitrogen and oxygen atoms in total. The number of carboxylic acids is 1. The maximum atomic E-state index is 15.5. The molecule has 1 aromatic carbocycles. The number of methoxy groups -OCH3 is 1. The van der Waals surface area contributed by atoms with Crippen molar-refractivity contribution in [1.29, 1.82) is 0 Å². The summed E-state index contributed by atoms with van der Waals surface area (Å²) in [5, 5.41) is 10.3. The number of aryl methyl sites for hydroxylation is 1. The molecular weight excluding hydrogens is 664 g/mol. The van der Waals surface area contributed by atoms with Crippen molar-refractivity contribution in [1.82, 2.24) is 9.88 Å². The van der Waals surface area contributed by atoms with Crippen molar-refractivity contribution < 1.29 is 28.5 Å². The van der Waals surface area contributed by atoms with Crippen LogP contribution in [0.15, 0.2) is 24.3 Å². The van der Waals surface area contributed by atoms with Crippen LogP contribution >= 0.6 is 22.6 Å². The van der Waals surface area contributed by atoms with Crippen LogP contribution in [0.4, 0.5) is 10.2 Å². The molecule has 2 saturated heterocycles. The minimum atomic E-state index is -0.955. The van der Waals surface area contributed by atoms with E-state index in [0.717, 1.165) is 83.4 Å². The monoisotopic (exact) mass is 709 g/mol. The van der Waals surface area contributed by atoms with E-state index in [1.54, 1.807) is 7.11 Å². The summed E-state index contributed by atoms with van der Waals surface area (Å²) in [5.74, 6) is 0.848. The van der Waals surface area contributed by atoms with Crippen LogP contribution in [0, 0.1) is 9.49 Å². The number of hydrogen-bond acceptors (Lipinski definition) is 7. The van der Waals surface area contributed by atoms with Crippen molar-refractivity contribution in [2.24, 2.45) is 5.92 Å². The van der Waals surface area contributed by atoms with E-state index >= 15 is 4.39 Å². The molecule has 0 aliphatic carbocycles. The first-order valence-corrected chi connectivity index (χ1v) is 16.8. The summed E-state index contributed by atoms with van der Waals surface area (Å²) in [6, 6.07) is 7.14. The largest absolute Gasteiger partial charge is 0.496 e. The second kappa shape index (κ2) is 15.3. The number of benzene rings is 1. The van der Waals surface area contributed by atoms with E-state index < -0.39 is 18.2 Å². The van der Waals surface area contributed by atoms with Gasteiger partial charge in [0, 0.05) is 60.2 Å². The van der Waals surface area contributed by atoms with E-state index in [1.165, 1.54) is 5.56 Å². The van der Waals surface area contributed by atoms with Crippen molar-refractivity contribution in [3.63, 3.8) is 0 Å². The number of aromatic nitrogens is 1. The Morgan fingerprint density at radius 1 is 1.21 bits per heavy atom. The number of rotatable bonds is 13. The number of alkyl halides is 1. The van der Waals surface area contributed by atoms with Gasteiger partial charge in [-0.2, -0.15) is 0 Å². The molecule has 1 aromatic heterocycles. The van der Waals surface area contributed by atoms with Crippen LogP contribution in [0.5, 0.6) is 5.75 Å². The number of unbranched alkanes of at least 4 members (excludes halogenated alkanes) is 1. The number of nitrogens with zero attached hydrogens (tertiary/aromatic N) is 3. The van der Waals surface area contributed by atoms with E-state index in [1.807, 2.05) is 29.2 Å². The molecule has 1 unspecified atom stereocenters. The van der Waals surface area contributed by atoms with Gasteiger partial charge in [0.1, 0.15) is 23.8 Å². The number of hydrogen-bond donors (Lipinski definition) is 1. The van der Waals surface area contributed by atoms with E-state index in [0.29, 0.717) is 45.8 Å². The van der Waals surface area contributed by atoms with Crippen molar-refractivity contribution in [2.75, 3.05) is 51.9 Å². The Hall–Kier alpha value is -2.02. The van der Waals surface area contributed by atoms with E-state index in [-0.39, 0.29) is 12.0 Å². The molecule has 0 radical (unpaired) electrons. The normalized spacial score (nSPS) is 21.0. The van der Waals surface area contributed by atoms with Crippen molar-refractivity contribution >= 4 is 34.4 Å². The molecule has 236 valence electrons. The molecule has 3 atom stereocenters. The molecule has 3 aliphatic heterocycles. The van der Waals surface area contributed by atoms with Gasteiger partial charge in [-0.1, -0.05) is 12.5 Å². The first-order valence-electron chi connectivity index (χ1n) is 15.7. The first-order chi connectivity index (χ1) is 20.8. The minimum absolute atomic E-state index is 0.124. The maximum Gasteiger partial charge on any atom is 0.325 e. The molecule has 43 heavy (non-hydrogen) atoms. The highest BCUT2D eigenvalue weighted by Gasteiger charge is 2.37. The van der Waals surface area contributed by atoms with E-state index in [9.17, 15) is 9.90 Å². The van der Waals surface area contributed by atoms with E-state index in [2.05, 4.69) is 34.5 Å². The molecule has 1 N–H and O–H groups in total. The average molecular weight is 710 g/mol. The summed E-state index contributed by atoms with van der Waals surface area (Å²) in [4.78, 5) is 21.7. The molecule has 0 spiro atoms. The van der Waals surface area contributed by atoms with E-state index in [4.69, 9.17) is 19.2 Å². The Morgan fingerprint density at radius 3 is 2.79 bits per heavy atom. The molecule has 3 aliphatic rings. The van der Waals surface area contributed by atoms with Gasteiger partial charge in [0.2, 0.25) is 0 Å². The SMILES string of the molecule is COc1cc(CCCC[C@@H](F)C2CCN([C@H](C(=O)O)c3cc(I)ccc3COC3CCOCC3)C2)nc2c1CCCN2C. The van der Waals surface area contributed by atoms with Crippen LogP contribution < -0.4 is 9.64 Å². The van der Waals surface area contributed by atoms with Crippen LogP contribution in [-0.2, 0) is 33.7 Å². The van der Waals surface area contributed by atoms with Crippen LogP contribution in [0.1, 0.15) is 73.4 Å². The van der Waals surface area contributed by atoms with Crippen LogP contribution in [-0.4, -0.2) is 80.2 Å². The molecule has 2 aromatic rings. The van der Waals surface area contributed by atoms with Gasteiger partial charge in [0.15, 0.2) is 0 Å². The third-order valence-corrected chi connectivity index (χ3v) is 9.86. The van der Waals surface area contributed by atoms with Gasteiger partial charge in [0.05, 0.1) is 19.8 Å².